The molecule has 35 heavy (non-hydrogen) atoms. The number of esters is 1. The highest BCUT2D eigenvalue weighted by Crippen LogP contribution is 2.32. The number of carbonyl (C=O) groups is 1. The van der Waals surface area contributed by atoms with E-state index in [1.807, 2.05) is 0 Å². The van der Waals surface area contributed by atoms with Crippen molar-refractivity contribution in [2.75, 3.05) is 20.8 Å². The van der Waals surface area contributed by atoms with Crippen molar-refractivity contribution in [3.05, 3.63) is 52.8 Å². The molecule has 0 bridgehead atoms. The van der Waals surface area contributed by atoms with Crippen LogP contribution in [0.1, 0.15) is 40.2 Å². The second-order valence-corrected chi connectivity index (χ2v) is 9.17. The van der Waals surface area contributed by atoms with Crippen molar-refractivity contribution in [1.29, 1.82) is 0 Å². The van der Waals surface area contributed by atoms with Crippen LogP contribution in [0, 0.1) is 29.1 Å². The quantitative estimate of drug-likeness (QED) is 0.170. The maximum Gasteiger partial charge on any atom is 0.331 e. The fraction of sp³-hybridized carbons (Fsp3) is 0.458. The molecule has 0 aromatic heterocycles. The summed E-state index contributed by atoms with van der Waals surface area (Å²) in [7, 11) is 2.92. The van der Waals surface area contributed by atoms with Crippen LogP contribution in [0.4, 0.5) is 22.0 Å². The fourth-order valence-electron chi connectivity index (χ4n) is 3.04. The number of benzene rings is 2. The zero-order valence-corrected chi connectivity index (χ0v) is 20.4. The minimum atomic E-state index is -2.36. The van der Waals surface area contributed by atoms with Gasteiger partial charge < -0.3 is 18.9 Å². The summed E-state index contributed by atoms with van der Waals surface area (Å²) in [6.07, 6.45) is 0. The Morgan fingerprint density at radius 3 is 1.71 bits per heavy atom. The van der Waals surface area contributed by atoms with E-state index in [-0.39, 0.29) is 6.61 Å². The summed E-state index contributed by atoms with van der Waals surface area (Å²) in [5, 5.41) is 2.97. The number of rotatable bonds is 9. The number of nitrogens with one attached hydrogen (secondary N) is 1. The van der Waals surface area contributed by atoms with E-state index in [1.165, 1.54) is 14.2 Å². The Labute approximate surface area is 200 Å². The van der Waals surface area contributed by atoms with E-state index in [0.717, 1.165) is 0 Å². The first kappa shape index (κ1) is 28.3. The van der Waals surface area contributed by atoms with Gasteiger partial charge in [0, 0.05) is 11.6 Å². The maximum atomic E-state index is 14.1. The van der Waals surface area contributed by atoms with Crippen molar-refractivity contribution in [2.24, 2.45) is 0 Å². The number of halogens is 5. The fourth-order valence-corrected chi connectivity index (χ4v) is 3.04. The normalized spacial score (nSPS) is 12.9. The van der Waals surface area contributed by atoms with Gasteiger partial charge in [0.05, 0.1) is 26.4 Å². The molecule has 0 aliphatic rings. The van der Waals surface area contributed by atoms with Crippen LogP contribution in [-0.4, -0.2) is 38.4 Å². The molecule has 6 nitrogen and oxygen atoms in total. The molecular formula is C24H28F5NO5. The van der Waals surface area contributed by atoms with E-state index in [4.69, 9.17) is 14.2 Å². The summed E-state index contributed by atoms with van der Waals surface area (Å²) in [5.41, 5.74) is -1.14. The van der Waals surface area contributed by atoms with Crippen LogP contribution in [0.3, 0.4) is 0 Å². The van der Waals surface area contributed by atoms with Crippen LogP contribution >= 0.6 is 0 Å². The summed E-state index contributed by atoms with van der Waals surface area (Å²) in [6.45, 7) is 8.16. The van der Waals surface area contributed by atoms with Gasteiger partial charge in [0.25, 0.3) is 0 Å². The van der Waals surface area contributed by atoms with Gasteiger partial charge in [0.2, 0.25) is 34.8 Å². The molecule has 11 heteroatoms. The Morgan fingerprint density at radius 2 is 1.29 bits per heavy atom. The van der Waals surface area contributed by atoms with E-state index >= 15 is 0 Å². The van der Waals surface area contributed by atoms with Gasteiger partial charge in [-0.15, -0.1) is 0 Å². The maximum absolute atomic E-state index is 14.1. The number of ether oxygens (including phenoxy) is 4. The van der Waals surface area contributed by atoms with Crippen molar-refractivity contribution in [1.82, 2.24) is 5.32 Å². The van der Waals surface area contributed by atoms with Crippen LogP contribution in [0.25, 0.3) is 0 Å². The monoisotopic (exact) mass is 505 g/mol. The number of hydrogen-bond acceptors (Lipinski definition) is 6. The number of methoxy groups -OCH3 is 2. The summed E-state index contributed by atoms with van der Waals surface area (Å²) < 4.78 is 89.5. The average molecular weight is 505 g/mol. The average Bonchev–Trinajstić information content (AvgIpc) is 2.80. The van der Waals surface area contributed by atoms with Gasteiger partial charge in [-0.3, -0.25) is 5.32 Å². The molecule has 0 saturated carbocycles. The first-order chi connectivity index (χ1) is 16.1. The molecule has 0 aliphatic carbocycles. The van der Waals surface area contributed by atoms with Gasteiger partial charge in [0.1, 0.15) is 17.5 Å². The molecule has 2 aromatic carbocycles. The van der Waals surface area contributed by atoms with E-state index in [1.54, 1.807) is 52.8 Å². The van der Waals surface area contributed by atoms with Crippen LogP contribution in [0.2, 0.25) is 0 Å². The summed E-state index contributed by atoms with van der Waals surface area (Å²) >= 11 is 0. The Bertz CT molecular complexity index is 1030. The Hall–Kier alpha value is -2.92. The minimum absolute atomic E-state index is 0.345. The summed E-state index contributed by atoms with van der Waals surface area (Å²) in [5.74, 6) is -13.4. The molecule has 2 rings (SSSR count). The molecule has 1 atom stereocenters. The molecule has 0 spiro atoms. The molecule has 0 fully saturated rings. The van der Waals surface area contributed by atoms with Crippen LogP contribution < -0.4 is 19.5 Å². The topological polar surface area (TPSA) is 66.0 Å². The standard InChI is InChI=1S/C24H28F5NO5/c1-23(2,3)34-11-15(22(31)35-21-19(28)17(26)16(25)18(27)20(21)29)30-24(4,5)12-8-13(32-6)10-14(9-12)33-7/h8-10,15,30H,11H2,1-7H3. The van der Waals surface area contributed by atoms with Crippen molar-refractivity contribution in [2.45, 2.75) is 51.8 Å². The van der Waals surface area contributed by atoms with E-state index in [9.17, 15) is 26.7 Å². The van der Waals surface area contributed by atoms with Crippen LogP contribution in [0.15, 0.2) is 18.2 Å². The SMILES string of the molecule is COc1cc(OC)cc(C(C)(C)NC(COC(C)(C)C)C(=O)Oc2c(F)c(F)c(F)c(F)c2F)c1. The van der Waals surface area contributed by atoms with Gasteiger partial charge in [-0.05, 0) is 52.3 Å². The first-order valence-electron chi connectivity index (χ1n) is 10.5. The smallest absolute Gasteiger partial charge is 0.331 e. The molecule has 2 aromatic rings. The second kappa shape index (κ2) is 10.8. The van der Waals surface area contributed by atoms with E-state index < -0.39 is 58.0 Å². The Kier molecular flexibility index (Phi) is 8.72. The lowest BCUT2D eigenvalue weighted by atomic mass is 9.92. The molecule has 0 radical (unpaired) electrons. The molecule has 194 valence electrons. The van der Waals surface area contributed by atoms with Gasteiger partial charge in [-0.25, -0.2) is 18.0 Å². The summed E-state index contributed by atoms with van der Waals surface area (Å²) in [6, 6.07) is 3.60. The van der Waals surface area contributed by atoms with Gasteiger partial charge in [-0.1, -0.05) is 0 Å². The zero-order valence-electron chi connectivity index (χ0n) is 20.4. The molecule has 1 unspecified atom stereocenters. The minimum Gasteiger partial charge on any atom is -0.497 e. The molecular weight excluding hydrogens is 477 g/mol. The summed E-state index contributed by atoms with van der Waals surface area (Å²) in [4.78, 5) is 12.9. The lowest BCUT2D eigenvalue weighted by molar-refractivity contribution is -0.141. The Morgan fingerprint density at radius 1 is 0.829 bits per heavy atom. The number of carbonyl (C=O) groups excluding carboxylic acids is 1. The molecule has 1 N–H and O–H groups in total. The lowest BCUT2D eigenvalue weighted by Crippen LogP contribution is -2.52. The molecule has 0 aliphatic heterocycles. The van der Waals surface area contributed by atoms with Gasteiger partial charge >= 0.3 is 5.97 Å². The highest BCUT2D eigenvalue weighted by Gasteiger charge is 2.35. The third kappa shape index (κ3) is 6.82. The van der Waals surface area contributed by atoms with Crippen molar-refractivity contribution >= 4 is 5.97 Å². The van der Waals surface area contributed by atoms with Crippen LogP contribution in [0.5, 0.6) is 17.2 Å². The predicted octanol–water partition coefficient (Wildman–Crippen LogP) is 5.01. The third-order valence-electron chi connectivity index (χ3n) is 4.95. The molecule has 0 amide bonds. The molecule has 0 heterocycles. The largest absolute Gasteiger partial charge is 0.497 e. The van der Waals surface area contributed by atoms with Gasteiger partial charge in [0.15, 0.2) is 0 Å². The van der Waals surface area contributed by atoms with Crippen molar-refractivity contribution in [3.8, 4) is 17.2 Å². The van der Waals surface area contributed by atoms with Crippen LogP contribution in [-0.2, 0) is 15.1 Å². The highest BCUT2D eigenvalue weighted by atomic mass is 19.2. The Balaban J connectivity index is 2.43. The van der Waals surface area contributed by atoms with Crippen molar-refractivity contribution in [3.63, 3.8) is 0 Å². The lowest BCUT2D eigenvalue weighted by Gasteiger charge is -2.33. The first-order valence-corrected chi connectivity index (χ1v) is 10.5. The van der Waals surface area contributed by atoms with E-state index in [2.05, 4.69) is 10.1 Å². The predicted molar refractivity (Wildman–Crippen MR) is 117 cm³/mol. The number of hydrogen-bond donors (Lipinski definition) is 1. The second-order valence-electron chi connectivity index (χ2n) is 9.17. The van der Waals surface area contributed by atoms with Gasteiger partial charge in [-0.2, -0.15) is 8.78 Å². The van der Waals surface area contributed by atoms with Crippen molar-refractivity contribution < 1.29 is 45.7 Å². The third-order valence-corrected chi connectivity index (χ3v) is 4.95. The highest BCUT2D eigenvalue weighted by molar-refractivity contribution is 5.78. The molecule has 0 saturated heterocycles. The van der Waals surface area contributed by atoms with E-state index in [0.29, 0.717) is 17.1 Å². The zero-order chi connectivity index (χ0) is 26.7.